The van der Waals surface area contributed by atoms with E-state index >= 15 is 0 Å². The monoisotopic (exact) mass is 256 g/mol. The summed E-state index contributed by atoms with van der Waals surface area (Å²) in [5.74, 6) is 1.25. The van der Waals surface area contributed by atoms with Crippen molar-refractivity contribution < 1.29 is 4.79 Å². The highest BCUT2D eigenvalue weighted by Gasteiger charge is 2.17. The van der Waals surface area contributed by atoms with Crippen LogP contribution in [0.5, 0.6) is 0 Å². The van der Waals surface area contributed by atoms with Gasteiger partial charge in [0.1, 0.15) is 0 Å². The van der Waals surface area contributed by atoms with Gasteiger partial charge in [-0.1, -0.05) is 45.9 Å². The van der Waals surface area contributed by atoms with Gasteiger partial charge in [-0.2, -0.15) is 0 Å². The highest BCUT2D eigenvalue weighted by Crippen LogP contribution is 2.31. The first-order chi connectivity index (χ1) is 9.06. The number of nitrogens with zero attached hydrogens (tertiary/aromatic N) is 2. The van der Waals surface area contributed by atoms with E-state index in [0.29, 0.717) is 17.7 Å². The molecule has 100 valence electrons. The van der Waals surface area contributed by atoms with Crippen LogP contribution in [-0.4, -0.2) is 15.8 Å². The smallest absolute Gasteiger partial charge is 0.185 e. The Balaban J connectivity index is 2.75. The third kappa shape index (κ3) is 2.46. The third-order valence-corrected chi connectivity index (χ3v) is 3.36. The Morgan fingerprint density at radius 2 is 1.68 bits per heavy atom. The molecule has 3 nitrogen and oxygen atoms in total. The molecule has 0 radical (unpaired) electrons. The molecule has 0 N–H and O–H groups in total. The van der Waals surface area contributed by atoms with Gasteiger partial charge in [-0.15, -0.1) is 0 Å². The van der Waals surface area contributed by atoms with Crippen molar-refractivity contribution in [3.05, 3.63) is 47.5 Å². The van der Waals surface area contributed by atoms with Crippen molar-refractivity contribution in [3.63, 3.8) is 0 Å². The average molecular weight is 256 g/mol. The molecule has 1 aromatic heterocycles. The third-order valence-electron chi connectivity index (χ3n) is 3.36. The Labute approximate surface area is 114 Å². The van der Waals surface area contributed by atoms with Gasteiger partial charge in [-0.3, -0.25) is 9.36 Å². The fraction of sp³-hybridized carbons (Fsp3) is 0.375. The molecular formula is C16H20N2O. The molecule has 0 saturated heterocycles. The molecule has 2 rings (SSSR count). The number of para-hydroxylation sites is 1. The minimum atomic E-state index is 0.399. The van der Waals surface area contributed by atoms with Crippen LogP contribution in [0.25, 0.3) is 5.69 Å². The number of aromatic nitrogens is 2. The van der Waals surface area contributed by atoms with Crippen LogP contribution in [-0.2, 0) is 0 Å². The quantitative estimate of drug-likeness (QED) is 0.777. The molecule has 0 aliphatic heterocycles. The highest BCUT2D eigenvalue weighted by atomic mass is 16.1. The predicted molar refractivity (Wildman–Crippen MR) is 77.1 cm³/mol. The van der Waals surface area contributed by atoms with E-state index in [1.54, 1.807) is 6.20 Å². The standard InChI is InChI=1S/C16H20N2O/c1-11(2)13-6-5-7-14(12(3)4)16(13)18-9-8-17-15(18)10-19/h5-12H,1-4H3. The molecule has 0 bridgehead atoms. The second kappa shape index (κ2) is 5.39. The molecule has 0 unspecified atom stereocenters. The first kappa shape index (κ1) is 13.5. The second-order valence-electron chi connectivity index (χ2n) is 5.37. The van der Waals surface area contributed by atoms with Crippen LogP contribution >= 0.6 is 0 Å². The van der Waals surface area contributed by atoms with E-state index in [-0.39, 0.29) is 0 Å². The minimum absolute atomic E-state index is 0.399. The van der Waals surface area contributed by atoms with E-state index in [1.165, 1.54) is 11.1 Å². The average Bonchev–Trinajstić information content (AvgIpc) is 2.85. The molecule has 2 aromatic rings. The number of hydrogen-bond acceptors (Lipinski definition) is 2. The fourth-order valence-electron chi connectivity index (χ4n) is 2.38. The Hall–Kier alpha value is -1.90. The van der Waals surface area contributed by atoms with E-state index in [4.69, 9.17) is 0 Å². The van der Waals surface area contributed by atoms with Gasteiger partial charge in [0.15, 0.2) is 12.1 Å². The van der Waals surface area contributed by atoms with Gasteiger partial charge in [0.25, 0.3) is 0 Å². The minimum Gasteiger partial charge on any atom is -0.297 e. The number of benzene rings is 1. The summed E-state index contributed by atoms with van der Waals surface area (Å²) < 4.78 is 1.90. The van der Waals surface area contributed by atoms with Crippen molar-refractivity contribution in [2.24, 2.45) is 0 Å². The maximum Gasteiger partial charge on any atom is 0.185 e. The zero-order valence-electron chi connectivity index (χ0n) is 11.9. The summed E-state index contributed by atoms with van der Waals surface area (Å²) in [6.07, 6.45) is 4.34. The molecular weight excluding hydrogens is 236 g/mol. The molecule has 0 spiro atoms. The Morgan fingerprint density at radius 1 is 1.11 bits per heavy atom. The van der Waals surface area contributed by atoms with Crippen LogP contribution in [0, 0.1) is 0 Å². The van der Waals surface area contributed by atoms with Crippen molar-refractivity contribution in [3.8, 4) is 5.69 Å². The number of carbonyl (C=O) groups excluding carboxylic acids is 1. The Bertz CT molecular complexity index is 556. The van der Waals surface area contributed by atoms with Crippen LogP contribution in [0.2, 0.25) is 0 Å². The second-order valence-corrected chi connectivity index (χ2v) is 5.37. The molecule has 1 aromatic carbocycles. The molecule has 19 heavy (non-hydrogen) atoms. The summed E-state index contributed by atoms with van der Waals surface area (Å²) in [4.78, 5) is 15.2. The molecule has 0 saturated carbocycles. The summed E-state index contributed by atoms with van der Waals surface area (Å²) in [5.41, 5.74) is 3.59. The molecule has 0 aliphatic rings. The lowest BCUT2D eigenvalue weighted by atomic mass is 9.92. The lowest BCUT2D eigenvalue weighted by Crippen LogP contribution is -2.09. The van der Waals surface area contributed by atoms with Gasteiger partial charge < -0.3 is 0 Å². The summed E-state index contributed by atoms with van der Waals surface area (Å²) in [6.45, 7) is 8.67. The maximum atomic E-state index is 11.1. The molecule has 0 fully saturated rings. The van der Waals surface area contributed by atoms with Gasteiger partial charge in [-0.25, -0.2) is 4.98 Å². The van der Waals surface area contributed by atoms with Crippen LogP contribution in [0.15, 0.2) is 30.6 Å². The molecule has 0 aliphatic carbocycles. The number of hydrogen-bond donors (Lipinski definition) is 0. The van der Waals surface area contributed by atoms with E-state index in [0.717, 1.165) is 12.0 Å². The summed E-state index contributed by atoms with van der Waals surface area (Å²) in [6, 6.07) is 6.34. The number of imidazole rings is 1. The van der Waals surface area contributed by atoms with Gasteiger partial charge in [0.2, 0.25) is 0 Å². The SMILES string of the molecule is CC(C)c1cccc(C(C)C)c1-n1ccnc1C=O. The van der Waals surface area contributed by atoms with E-state index in [1.807, 2.05) is 10.8 Å². The van der Waals surface area contributed by atoms with Crippen LogP contribution < -0.4 is 0 Å². The molecule has 0 atom stereocenters. The summed E-state index contributed by atoms with van der Waals surface area (Å²) >= 11 is 0. The first-order valence-corrected chi connectivity index (χ1v) is 6.68. The van der Waals surface area contributed by atoms with E-state index < -0.39 is 0 Å². The largest absolute Gasteiger partial charge is 0.297 e. The van der Waals surface area contributed by atoms with E-state index in [2.05, 4.69) is 50.9 Å². The molecule has 1 heterocycles. The van der Waals surface area contributed by atoms with Crippen LogP contribution in [0.4, 0.5) is 0 Å². The number of carbonyl (C=O) groups is 1. The lowest BCUT2D eigenvalue weighted by Gasteiger charge is -2.20. The highest BCUT2D eigenvalue weighted by molar-refractivity contribution is 5.71. The van der Waals surface area contributed by atoms with Crippen molar-refractivity contribution in [2.75, 3.05) is 0 Å². The topological polar surface area (TPSA) is 34.9 Å². The summed E-state index contributed by atoms with van der Waals surface area (Å²) in [5, 5.41) is 0. The lowest BCUT2D eigenvalue weighted by molar-refractivity contribution is 0.111. The summed E-state index contributed by atoms with van der Waals surface area (Å²) in [7, 11) is 0. The number of aldehydes is 1. The molecule has 3 heteroatoms. The van der Waals surface area contributed by atoms with Crippen LogP contribution in [0.1, 0.15) is 61.3 Å². The van der Waals surface area contributed by atoms with Crippen molar-refractivity contribution in [2.45, 2.75) is 39.5 Å². The van der Waals surface area contributed by atoms with Gasteiger partial charge in [0.05, 0.1) is 5.69 Å². The zero-order valence-corrected chi connectivity index (χ0v) is 11.9. The Kier molecular flexibility index (Phi) is 3.84. The first-order valence-electron chi connectivity index (χ1n) is 6.68. The van der Waals surface area contributed by atoms with E-state index in [9.17, 15) is 4.79 Å². The fourth-order valence-corrected chi connectivity index (χ4v) is 2.38. The van der Waals surface area contributed by atoms with Crippen molar-refractivity contribution in [1.29, 1.82) is 0 Å². The number of rotatable bonds is 4. The maximum absolute atomic E-state index is 11.1. The van der Waals surface area contributed by atoms with Gasteiger partial charge in [0, 0.05) is 12.4 Å². The van der Waals surface area contributed by atoms with Gasteiger partial charge in [-0.05, 0) is 23.0 Å². The molecule has 0 amide bonds. The predicted octanol–water partition coefficient (Wildman–Crippen LogP) is 3.93. The Morgan fingerprint density at radius 3 is 2.16 bits per heavy atom. The van der Waals surface area contributed by atoms with Crippen LogP contribution in [0.3, 0.4) is 0 Å². The normalized spacial score (nSPS) is 11.3. The van der Waals surface area contributed by atoms with Crippen molar-refractivity contribution in [1.82, 2.24) is 9.55 Å². The zero-order chi connectivity index (χ0) is 14.0. The van der Waals surface area contributed by atoms with Crippen molar-refractivity contribution >= 4 is 6.29 Å². The van der Waals surface area contributed by atoms with Gasteiger partial charge >= 0.3 is 0 Å².